The highest BCUT2D eigenvalue weighted by atomic mass is 16.3. The van der Waals surface area contributed by atoms with Crippen molar-refractivity contribution in [2.45, 2.75) is 32.6 Å². The van der Waals surface area contributed by atoms with E-state index in [2.05, 4.69) is 6.92 Å². The molecule has 0 aliphatic carbocycles. The zero-order valence-corrected chi connectivity index (χ0v) is 9.23. The molecule has 0 saturated carbocycles. The van der Waals surface area contributed by atoms with E-state index in [-0.39, 0.29) is 5.56 Å². The van der Waals surface area contributed by atoms with Crippen LogP contribution in [-0.4, -0.2) is 21.6 Å². The Morgan fingerprint density at radius 3 is 2.44 bits per heavy atom. The average molecular weight is 224 g/mol. The largest absolute Gasteiger partial charge is 0.504 e. The first-order valence-electron chi connectivity index (χ1n) is 5.33. The molecule has 0 bridgehead atoms. The van der Waals surface area contributed by atoms with Crippen molar-refractivity contribution >= 4 is 6.29 Å². The monoisotopic (exact) mass is 224 g/mol. The van der Waals surface area contributed by atoms with E-state index in [1.807, 2.05) is 0 Å². The van der Waals surface area contributed by atoms with E-state index >= 15 is 0 Å². The topological polar surface area (TPSA) is 77.8 Å². The number of hydrogen-bond donors (Lipinski definition) is 3. The van der Waals surface area contributed by atoms with Crippen molar-refractivity contribution in [2.24, 2.45) is 0 Å². The summed E-state index contributed by atoms with van der Waals surface area (Å²) in [7, 11) is 0. The van der Waals surface area contributed by atoms with E-state index in [9.17, 15) is 20.1 Å². The smallest absolute Gasteiger partial charge is 0.201 e. The molecule has 0 atom stereocenters. The van der Waals surface area contributed by atoms with Crippen LogP contribution in [0.2, 0.25) is 0 Å². The molecule has 0 unspecified atom stereocenters. The normalized spacial score (nSPS) is 10.3. The summed E-state index contributed by atoms with van der Waals surface area (Å²) in [5.74, 6) is -1.57. The molecule has 3 N–H and O–H groups in total. The Morgan fingerprint density at radius 2 is 1.88 bits per heavy atom. The molecule has 0 saturated heterocycles. The van der Waals surface area contributed by atoms with Crippen LogP contribution in [0.5, 0.6) is 17.2 Å². The maximum Gasteiger partial charge on any atom is 0.201 e. The molecular formula is C12H16O4. The number of hydrogen-bond acceptors (Lipinski definition) is 4. The van der Waals surface area contributed by atoms with E-state index in [0.29, 0.717) is 18.3 Å². The van der Waals surface area contributed by atoms with Crippen LogP contribution in [0.3, 0.4) is 0 Å². The molecule has 0 aliphatic rings. The van der Waals surface area contributed by atoms with Crippen molar-refractivity contribution in [3.63, 3.8) is 0 Å². The molecule has 0 amide bonds. The lowest BCUT2D eigenvalue weighted by Gasteiger charge is -2.09. The molecule has 0 aliphatic heterocycles. The van der Waals surface area contributed by atoms with Crippen LogP contribution in [-0.2, 0) is 6.42 Å². The number of aryl methyl sites for hydroxylation is 1. The second-order valence-electron chi connectivity index (χ2n) is 3.74. The lowest BCUT2D eigenvalue weighted by Crippen LogP contribution is -1.94. The van der Waals surface area contributed by atoms with Crippen LogP contribution in [0.15, 0.2) is 6.07 Å². The number of unbranched alkanes of at least 4 members (excludes halogenated alkanes) is 2. The van der Waals surface area contributed by atoms with E-state index in [1.54, 1.807) is 0 Å². The zero-order chi connectivity index (χ0) is 12.1. The second-order valence-corrected chi connectivity index (χ2v) is 3.74. The van der Waals surface area contributed by atoms with E-state index < -0.39 is 17.2 Å². The lowest BCUT2D eigenvalue weighted by molar-refractivity contribution is 0.111. The van der Waals surface area contributed by atoms with Gasteiger partial charge in [0.25, 0.3) is 0 Å². The number of phenolic OH excluding ortho intramolecular Hbond substituents is 3. The molecule has 0 radical (unpaired) electrons. The number of aldehydes is 1. The number of phenols is 3. The van der Waals surface area contributed by atoms with Crippen molar-refractivity contribution in [1.29, 1.82) is 0 Å². The second kappa shape index (κ2) is 5.39. The van der Waals surface area contributed by atoms with E-state index in [0.717, 1.165) is 19.3 Å². The first kappa shape index (κ1) is 12.4. The summed E-state index contributed by atoms with van der Waals surface area (Å²) in [5, 5.41) is 28.1. The molecule has 4 heteroatoms. The Kier molecular flexibility index (Phi) is 4.17. The van der Waals surface area contributed by atoms with Crippen molar-refractivity contribution < 1.29 is 20.1 Å². The predicted octanol–water partition coefficient (Wildman–Crippen LogP) is 2.35. The van der Waals surface area contributed by atoms with Gasteiger partial charge >= 0.3 is 0 Å². The first-order valence-corrected chi connectivity index (χ1v) is 5.33. The molecule has 0 heterocycles. The third kappa shape index (κ3) is 2.45. The van der Waals surface area contributed by atoms with Crippen molar-refractivity contribution in [1.82, 2.24) is 0 Å². The fourth-order valence-corrected chi connectivity index (χ4v) is 1.62. The molecule has 88 valence electrons. The molecular weight excluding hydrogens is 208 g/mol. The van der Waals surface area contributed by atoms with Gasteiger partial charge in [-0.15, -0.1) is 0 Å². The summed E-state index contributed by atoms with van der Waals surface area (Å²) >= 11 is 0. The molecule has 16 heavy (non-hydrogen) atoms. The van der Waals surface area contributed by atoms with Gasteiger partial charge in [-0.3, -0.25) is 4.79 Å². The Bertz CT molecular complexity index is 385. The predicted molar refractivity (Wildman–Crippen MR) is 60.1 cm³/mol. The molecule has 0 fully saturated rings. The molecule has 1 aromatic carbocycles. The molecule has 0 aromatic heterocycles. The maximum absolute atomic E-state index is 10.8. The molecule has 4 nitrogen and oxygen atoms in total. The minimum atomic E-state index is -0.638. The summed E-state index contributed by atoms with van der Waals surface area (Å²) in [4.78, 5) is 10.8. The standard InChI is InChI=1S/C12H16O4/c1-2-3-4-5-8-6-10(14)12(16)11(15)9(8)7-13/h6-7,14-16H,2-5H2,1H3. The highest BCUT2D eigenvalue weighted by Crippen LogP contribution is 2.39. The van der Waals surface area contributed by atoms with E-state index in [1.165, 1.54) is 6.07 Å². The minimum absolute atomic E-state index is 0.0615. The minimum Gasteiger partial charge on any atom is -0.504 e. The van der Waals surface area contributed by atoms with Gasteiger partial charge in [0.15, 0.2) is 17.8 Å². The average Bonchev–Trinajstić information content (AvgIpc) is 2.27. The summed E-state index contributed by atoms with van der Waals surface area (Å²) in [6, 6.07) is 1.33. The molecule has 0 spiro atoms. The summed E-state index contributed by atoms with van der Waals surface area (Å²) in [5.41, 5.74) is 0.627. The van der Waals surface area contributed by atoms with Gasteiger partial charge in [-0.05, 0) is 24.5 Å². The van der Waals surface area contributed by atoms with Gasteiger partial charge in [-0.25, -0.2) is 0 Å². The van der Waals surface area contributed by atoms with Gasteiger partial charge in [0.05, 0.1) is 5.56 Å². The summed E-state index contributed by atoms with van der Waals surface area (Å²) < 4.78 is 0. The van der Waals surface area contributed by atoms with Crippen LogP contribution >= 0.6 is 0 Å². The fraction of sp³-hybridized carbons (Fsp3) is 0.417. The number of carbonyl (C=O) groups excluding carboxylic acids is 1. The number of rotatable bonds is 5. The highest BCUT2D eigenvalue weighted by molar-refractivity contribution is 5.84. The highest BCUT2D eigenvalue weighted by Gasteiger charge is 2.15. The van der Waals surface area contributed by atoms with Gasteiger partial charge in [0.1, 0.15) is 0 Å². The fourth-order valence-electron chi connectivity index (χ4n) is 1.62. The van der Waals surface area contributed by atoms with Crippen molar-refractivity contribution in [3.8, 4) is 17.2 Å². The van der Waals surface area contributed by atoms with E-state index in [4.69, 9.17) is 0 Å². The SMILES string of the molecule is CCCCCc1cc(O)c(O)c(O)c1C=O. The quantitative estimate of drug-likeness (QED) is 0.407. The lowest BCUT2D eigenvalue weighted by atomic mass is 10.00. The number of aromatic hydroxyl groups is 3. The third-order valence-corrected chi connectivity index (χ3v) is 2.55. The zero-order valence-electron chi connectivity index (χ0n) is 9.23. The van der Waals surface area contributed by atoms with Crippen LogP contribution in [0.1, 0.15) is 42.1 Å². The Balaban J connectivity index is 3.03. The van der Waals surface area contributed by atoms with Crippen molar-refractivity contribution in [3.05, 3.63) is 17.2 Å². The van der Waals surface area contributed by atoms with Gasteiger partial charge in [0, 0.05) is 0 Å². The van der Waals surface area contributed by atoms with Crippen molar-refractivity contribution in [2.75, 3.05) is 0 Å². The Morgan fingerprint density at radius 1 is 1.19 bits per heavy atom. The summed E-state index contributed by atoms with van der Waals surface area (Å²) in [6.07, 6.45) is 4.03. The Hall–Kier alpha value is -1.71. The Labute approximate surface area is 94.2 Å². The van der Waals surface area contributed by atoms with Gasteiger partial charge in [-0.2, -0.15) is 0 Å². The molecule has 1 rings (SSSR count). The van der Waals surface area contributed by atoms with Gasteiger partial charge < -0.3 is 15.3 Å². The number of carbonyl (C=O) groups is 1. The maximum atomic E-state index is 10.8. The third-order valence-electron chi connectivity index (χ3n) is 2.55. The van der Waals surface area contributed by atoms with Crippen LogP contribution < -0.4 is 0 Å². The first-order chi connectivity index (χ1) is 7.61. The van der Waals surface area contributed by atoms with Crippen LogP contribution in [0.4, 0.5) is 0 Å². The number of benzene rings is 1. The molecule has 1 aromatic rings. The summed E-state index contributed by atoms with van der Waals surface area (Å²) in [6.45, 7) is 2.06. The van der Waals surface area contributed by atoms with Gasteiger partial charge in [0.2, 0.25) is 5.75 Å². The van der Waals surface area contributed by atoms with Gasteiger partial charge in [-0.1, -0.05) is 19.8 Å². The van der Waals surface area contributed by atoms with Crippen LogP contribution in [0, 0.1) is 0 Å². The van der Waals surface area contributed by atoms with Crippen LogP contribution in [0.25, 0.3) is 0 Å².